The molecule has 1 aromatic carbocycles. The highest BCUT2D eigenvalue weighted by molar-refractivity contribution is 7.81. The van der Waals surface area contributed by atoms with Gasteiger partial charge >= 0.3 is 37.2 Å². The SMILES string of the molecule is CO[C@H]1O[C@H](COC(=O)CN(CC(=O)NC2CCCCC2)C(=O)c2ccccc2)[C@@H](OS(=O)(=O)O)[C@H](OS(=O)(=O)O)[C@@H]1OS(=O)(=O)O. The number of carbonyl (C=O) groups excluding carboxylic acids is 3. The van der Waals surface area contributed by atoms with Gasteiger partial charge in [0, 0.05) is 18.7 Å². The summed E-state index contributed by atoms with van der Waals surface area (Å²) < 4.78 is 125. The number of esters is 1. The van der Waals surface area contributed by atoms with Gasteiger partial charge in [0.15, 0.2) is 12.4 Å². The summed E-state index contributed by atoms with van der Waals surface area (Å²) in [5, 5.41) is 2.82. The molecule has 3 rings (SSSR count). The van der Waals surface area contributed by atoms with Crippen LogP contribution >= 0.6 is 0 Å². The number of benzene rings is 1. The van der Waals surface area contributed by atoms with Gasteiger partial charge in [0.25, 0.3) is 5.91 Å². The first-order valence-corrected chi connectivity index (χ1v) is 17.9. The summed E-state index contributed by atoms with van der Waals surface area (Å²) in [6.07, 6.45) is -7.09. The van der Waals surface area contributed by atoms with Crippen LogP contribution in [0.25, 0.3) is 0 Å². The van der Waals surface area contributed by atoms with Crippen molar-refractivity contribution in [1.29, 1.82) is 0 Å². The highest BCUT2D eigenvalue weighted by Crippen LogP contribution is 2.31. The van der Waals surface area contributed by atoms with E-state index >= 15 is 0 Å². The smallest absolute Gasteiger partial charge is 0.397 e. The van der Waals surface area contributed by atoms with Gasteiger partial charge < -0.3 is 24.4 Å². The van der Waals surface area contributed by atoms with Gasteiger partial charge in [-0.3, -0.25) is 28.0 Å². The van der Waals surface area contributed by atoms with Crippen molar-refractivity contribution in [1.82, 2.24) is 10.2 Å². The van der Waals surface area contributed by atoms with E-state index in [0.717, 1.165) is 44.1 Å². The largest absolute Gasteiger partial charge is 0.461 e. The van der Waals surface area contributed by atoms with Crippen LogP contribution in [0.15, 0.2) is 30.3 Å². The van der Waals surface area contributed by atoms with Gasteiger partial charge in [-0.25, -0.2) is 12.5 Å². The Morgan fingerprint density at radius 1 is 0.830 bits per heavy atom. The molecule has 1 heterocycles. The normalized spacial score (nSPS) is 24.3. The zero-order valence-electron chi connectivity index (χ0n) is 24.6. The van der Waals surface area contributed by atoms with Crippen LogP contribution in [-0.2, 0) is 67.5 Å². The average molecular weight is 735 g/mol. The minimum Gasteiger partial charge on any atom is -0.461 e. The van der Waals surface area contributed by atoms with Crippen LogP contribution in [-0.4, -0.2) is 125 Å². The molecule has 1 aliphatic heterocycles. The van der Waals surface area contributed by atoms with Crippen LogP contribution in [0.4, 0.5) is 0 Å². The lowest BCUT2D eigenvalue weighted by molar-refractivity contribution is -0.281. The molecule has 5 atom stereocenters. The number of nitrogens with one attached hydrogen (secondary N) is 1. The second kappa shape index (κ2) is 16.5. The first-order chi connectivity index (χ1) is 21.8. The second-order valence-corrected chi connectivity index (χ2v) is 13.5. The molecular formula is C24H34N2O18S3. The third-order valence-electron chi connectivity index (χ3n) is 6.86. The molecule has 20 nitrogen and oxygen atoms in total. The quantitative estimate of drug-likeness (QED) is 0.125. The number of nitrogens with zero attached hydrogens (tertiary/aromatic N) is 1. The summed E-state index contributed by atoms with van der Waals surface area (Å²) in [4.78, 5) is 39.9. The van der Waals surface area contributed by atoms with Crippen molar-refractivity contribution in [2.24, 2.45) is 0 Å². The van der Waals surface area contributed by atoms with E-state index in [4.69, 9.17) is 18.8 Å². The lowest BCUT2D eigenvalue weighted by atomic mass is 9.95. The standard InChI is InChI=1S/C24H34N2O18S3/c1-39-24-22(44-47(36,37)38)21(43-46(33,34)35)20(42-45(30,31)32)17(41-24)14-40-19(28)13-26(23(29)15-8-4-2-5-9-15)12-18(27)25-16-10-6-3-7-11-16/h2,4-5,8-9,16-17,20-22,24H,3,6-7,10-14H2,1H3,(H,25,27)(H,30,31,32)(H,33,34,35)(H,36,37,38)/t17-,20-,21+,22+,24+/m1/s1. The van der Waals surface area contributed by atoms with Crippen molar-refractivity contribution in [2.45, 2.75) is 68.9 Å². The first-order valence-electron chi connectivity index (χ1n) is 13.8. The molecule has 1 aliphatic carbocycles. The predicted octanol–water partition coefficient (Wildman–Crippen LogP) is -0.944. The molecule has 1 aromatic rings. The van der Waals surface area contributed by atoms with E-state index in [1.165, 1.54) is 12.1 Å². The molecule has 2 aliphatic rings. The monoisotopic (exact) mass is 734 g/mol. The Labute approximate surface area is 270 Å². The molecule has 0 aromatic heterocycles. The molecular weight excluding hydrogens is 700 g/mol. The Bertz CT molecular complexity index is 1560. The van der Waals surface area contributed by atoms with Gasteiger partial charge in [-0.2, -0.15) is 25.3 Å². The molecule has 266 valence electrons. The fraction of sp³-hybridized carbons (Fsp3) is 0.625. The minimum atomic E-state index is -5.58. The highest BCUT2D eigenvalue weighted by Gasteiger charge is 2.54. The van der Waals surface area contributed by atoms with Crippen molar-refractivity contribution in [3.63, 3.8) is 0 Å². The number of rotatable bonds is 15. The van der Waals surface area contributed by atoms with Gasteiger partial charge in [0.2, 0.25) is 5.91 Å². The van der Waals surface area contributed by atoms with Gasteiger partial charge in [0.1, 0.15) is 38.0 Å². The van der Waals surface area contributed by atoms with Crippen LogP contribution in [0, 0.1) is 0 Å². The summed E-state index contributed by atoms with van der Waals surface area (Å²) in [5.41, 5.74) is 0.126. The number of methoxy groups -OCH3 is 1. The molecule has 47 heavy (non-hydrogen) atoms. The van der Waals surface area contributed by atoms with E-state index in [0.29, 0.717) is 0 Å². The Hall–Kier alpha value is -2.84. The first kappa shape index (κ1) is 38.6. The number of hydrogen-bond donors (Lipinski definition) is 4. The number of ether oxygens (including phenoxy) is 3. The summed E-state index contributed by atoms with van der Waals surface area (Å²) in [5.74, 6) is -2.48. The van der Waals surface area contributed by atoms with Crippen LogP contribution in [0.3, 0.4) is 0 Å². The second-order valence-electron chi connectivity index (χ2n) is 10.4. The van der Waals surface area contributed by atoms with Gasteiger partial charge in [0.05, 0.1) is 0 Å². The van der Waals surface area contributed by atoms with E-state index in [2.05, 4.69) is 17.9 Å². The minimum absolute atomic E-state index is 0.111. The van der Waals surface area contributed by atoms with E-state index in [1.807, 2.05) is 0 Å². The molecule has 4 N–H and O–H groups in total. The Morgan fingerprint density at radius 2 is 1.38 bits per heavy atom. The molecule has 2 fully saturated rings. The van der Waals surface area contributed by atoms with Crippen molar-refractivity contribution in [2.75, 3.05) is 26.8 Å². The zero-order chi connectivity index (χ0) is 35.0. The Balaban J connectivity index is 1.83. The third-order valence-corrected chi connectivity index (χ3v) is 8.26. The van der Waals surface area contributed by atoms with E-state index in [9.17, 15) is 48.7 Å². The molecule has 0 spiro atoms. The molecule has 23 heteroatoms. The third kappa shape index (κ3) is 12.9. The van der Waals surface area contributed by atoms with E-state index in [1.54, 1.807) is 18.2 Å². The molecule has 1 saturated heterocycles. The molecule has 0 unspecified atom stereocenters. The topological polar surface area (TPSA) is 285 Å². The maximum Gasteiger partial charge on any atom is 0.397 e. The zero-order valence-corrected chi connectivity index (χ0v) is 27.1. The maximum atomic E-state index is 13.2. The molecule has 2 amide bonds. The fourth-order valence-corrected chi connectivity index (χ4v) is 6.48. The Morgan fingerprint density at radius 3 is 1.94 bits per heavy atom. The average Bonchev–Trinajstić information content (AvgIpc) is 2.96. The van der Waals surface area contributed by atoms with Crippen LogP contribution in [0.5, 0.6) is 0 Å². The van der Waals surface area contributed by atoms with Crippen molar-refractivity contribution < 1.29 is 80.1 Å². The summed E-state index contributed by atoms with van der Waals surface area (Å²) >= 11 is 0. The molecule has 0 bridgehead atoms. The van der Waals surface area contributed by atoms with Crippen molar-refractivity contribution >= 4 is 49.0 Å². The number of hydrogen-bond acceptors (Lipinski definition) is 15. The van der Waals surface area contributed by atoms with Crippen molar-refractivity contribution in [3.8, 4) is 0 Å². The van der Waals surface area contributed by atoms with Crippen molar-refractivity contribution in [3.05, 3.63) is 35.9 Å². The van der Waals surface area contributed by atoms with Gasteiger partial charge in [-0.05, 0) is 25.0 Å². The Kier molecular flexibility index (Phi) is 13.6. The number of carbonyl (C=O) groups is 3. The highest BCUT2D eigenvalue weighted by atomic mass is 32.3. The lowest BCUT2D eigenvalue weighted by Crippen LogP contribution is -2.62. The van der Waals surface area contributed by atoms with Gasteiger partial charge in [-0.15, -0.1) is 0 Å². The van der Waals surface area contributed by atoms with E-state index in [-0.39, 0.29) is 11.6 Å². The van der Waals surface area contributed by atoms with E-state index < -0.39 is 99.4 Å². The molecule has 0 radical (unpaired) electrons. The van der Waals surface area contributed by atoms with Gasteiger partial charge in [-0.1, -0.05) is 37.5 Å². The summed E-state index contributed by atoms with van der Waals surface area (Å²) in [6, 6.07) is 7.52. The van der Waals surface area contributed by atoms with Crippen LogP contribution < -0.4 is 5.32 Å². The summed E-state index contributed by atoms with van der Waals surface area (Å²) in [7, 11) is -15.7. The lowest BCUT2D eigenvalue weighted by Gasteiger charge is -2.42. The van der Waals surface area contributed by atoms with Crippen LogP contribution in [0.1, 0.15) is 42.5 Å². The predicted molar refractivity (Wildman–Crippen MR) is 153 cm³/mol. The molecule has 1 saturated carbocycles. The maximum absolute atomic E-state index is 13.2. The van der Waals surface area contributed by atoms with Crippen LogP contribution in [0.2, 0.25) is 0 Å². The fourth-order valence-electron chi connectivity index (χ4n) is 4.98. The number of amides is 2. The summed E-state index contributed by atoms with van der Waals surface area (Å²) in [6.45, 7) is -2.46.